The third-order valence-electron chi connectivity index (χ3n) is 4.37. The van der Waals surface area contributed by atoms with E-state index in [1.54, 1.807) is 26.8 Å². The summed E-state index contributed by atoms with van der Waals surface area (Å²) in [4.78, 5) is 12.1. The molecule has 8 heteroatoms. The lowest BCUT2D eigenvalue weighted by Crippen LogP contribution is -2.41. The fourth-order valence-electron chi connectivity index (χ4n) is 2.36. The molecule has 0 atom stereocenters. The summed E-state index contributed by atoms with van der Waals surface area (Å²) in [5, 5.41) is 12.2. The van der Waals surface area contributed by atoms with Crippen molar-refractivity contribution in [3.63, 3.8) is 0 Å². The van der Waals surface area contributed by atoms with Crippen molar-refractivity contribution in [2.45, 2.75) is 65.3 Å². The third kappa shape index (κ3) is 4.32. The second-order valence-electron chi connectivity index (χ2n) is 8.25. The molecule has 1 heterocycles. The highest BCUT2D eigenvalue weighted by atomic mass is 35.5. The molecule has 1 fully saturated rings. The molecule has 1 aromatic rings. The van der Waals surface area contributed by atoms with Gasteiger partial charge in [0.05, 0.1) is 33.5 Å². The van der Waals surface area contributed by atoms with Crippen molar-refractivity contribution in [1.82, 2.24) is 0 Å². The standard InChI is InChI=1S/C18H24BClN2O4/c1-16(2,3)24-15(23)22-13-9-11(10-21)8-12(14(13)20)19-25-17(4,5)18(6,7)26-19/h8-9H,1-7H3,(H,22,23). The summed E-state index contributed by atoms with van der Waals surface area (Å²) in [6.07, 6.45) is -0.658. The van der Waals surface area contributed by atoms with Gasteiger partial charge in [0.15, 0.2) is 0 Å². The van der Waals surface area contributed by atoms with Gasteiger partial charge in [-0.05, 0) is 60.6 Å². The van der Waals surface area contributed by atoms with Crippen LogP contribution in [-0.2, 0) is 14.0 Å². The number of nitriles is 1. The molecule has 1 aromatic carbocycles. The number of carbonyl (C=O) groups is 1. The fraction of sp³-hybridized carbons (Fsp3) is 0.556. The van der Waals surface area contributed by atoms with Crippen LogP contribution >= 0.6 is 11.6 Å². The van der Waals surface area contributed by atoms with Crippen molar-refractivity contribution in [2.24, 2.45) is 0 Å². The van der Waals surface area contributed by atoms with Gasteiger partial charge in [0, 0.05) is 5.46 Å². The molecular formula is C18H24BClN2O4. The summed E-state index contributed by atoms with van der Waals surface area (Å²) in [7, 11) is -0.750. The van der Waals surface area contributed by atoms with Crippen LogP contribution in [-0.4, -0.2) is 30.0 Å². The van der Waals surface area contributed by atoms with Crippen LogP contribution in [0.1, 0.15) is 54.0 Å². The summed E-state index contributed by atoms with van der Waals surface area (Å²) >= 11 is 6.48. The minimum absolute atomic E-state index is 0.244. The monoisotopic (exact) mass is 378 g/mol. The largest absolute Gasteiger partial charge is 0.496 e. The molecule has 0 radical (unpaired) electrons. The van der Waals surface area contributed by atoms with E-state index in [1.165, 1.54) is 6.07 Å². The predicted octanol–water partition coefficient (Wildman–Crippen LogP) is 3.86. The zero-order chi connectivity index (χ0) is 19.9. The highest BCUT2D eigenvalue weighted by Gasteiger charge is 2.52. The first kappa shape index (κ1) is 20.6. The number of nitrogens with one attached hydrogen (secondary N) is 1. The lowest BCUT2D eigenvalue weighted by atomic mass is 9.78. The van der Waals surface area contributed by atoms with Crippen molar-refractivity contribution < 1.29 is 18.8 Å². The third-order valence-corrected chi connectivity index (χ3v) is 4.79. The Morgan fingerprint density at radius 1 is 1.23 bits per heavy atom. The van der Waals surface area contributed by atoms with E-state index in [0.717, 1.165) is 0 Å². The minimum Gasteiger partial charge on any atom is -0.444 e. The van der Waals surface area contributed by atoms with Gasteiger partial charge in [-0.2, -0.15) is 5.26 Å². The lowest BCUT2D eigenvalue weighted by Gasteiger charge is -2.32. The van der Waals surface area contributed by atoms with Crippen LogP contribution in [0.2, 0.25) is 5.02 Å². The molecule has 1 N–H and O–H groups in total. The van der Waals surface area contributed by atoms with Crippen molar-refractivity contribution in [3.8, 4) is 6.07 Å². The molecule has 0 spiro atoms. The van der Waals surface area contributed by atoms with Gasteiger partial charge in [-0.1, -0.05) is 11.6 Å². The highest BCUT2D eigenvalue weighted by Crippen LogP contribution is 2.37. The number of carbonyl (C=O) groups excluding carboxylic acids is 1. The van der Waals surface area contributed by atoms with Crippen LogP contribution in [0.4, 0.5) is 10.5 Å². The van der Waals surface area contributed by atoms with E-state index in [4.69, 9.17) is 25.6 Å². The zero-order valence-electron chi connectivity index (χ0n) is 16.2. The minimum atomic E-state index is -0.750. The lowest BCUT2D eigenvalue weighted by molar-refractivity contribution is 0.00578. The molecule has 0 bridgehead atoms. The Labute approximate surface area is 159 Å². The summed E-state index contributed by atoms with van der Waals surface area (Å²) in [6.45, 7) is 13.0. The van der Waals surface area contributed by atoms with Gasteiger partial charge in [0.1, 0.15) is 5.60 Å². The molecule has 140 valence electrons. The summed E-state index contributed by atoms with van der Waals surface area (Å²) < 4.78 is 17.3. The Morgan fingerprint density at radius 2 is 1.77 bits per heavy atom. The normalized spacial score (nSPS) is 18.3. The van der Waals surface area contributed by atoms with Crippen LogP contribution < -0.4 is 10.8 Å². The maximum atomic E-state index is 12.1. The molecular weight excluding hydrogens is 354 g/mol. The van der Waals surface area contributed by atoms with Crippen molar-refractivity contribution in [1.29, 1.82) is 5.26 Å². The first-order valence-electron chi connectivity index (χ1n) is 8.35. The van der Waals surface area contributed by atoms with Gasteiger partial charge >= 0.3 is 13.2 Å². The fourth-order valence-corrected chi connectivity index (χ4v) is 2.60. The van der Waals surface area contributed by atoms with Crippen molar-refractivity contribution in [2.75, 3.05) is 5.32 Å². The van der Waals surface area contributed by atoms with Crippen LogP contribution in [0.5, 0.6) is 0 Å². The number of ether oxygens (including phenoxy) is 1. The number of nitrogens with zero attached hydrogens (tertiary/aromatic N) is 1. The molecule has 6 nitrogen and oxygen atoms in total. The van der Waals surface area contributed by atoms with Crippen LogP contribution in [0.25, 0.3) is 0 Å². The molecule has 26 heavy (non-hydrogen) atoms. The van der Waals surface area contributed by atoms with Gasteiger partial charge in [0.2, 0.25) is 0 Å². The van der Waals surface area contributed by atoms with Gasteiger partial charge < -0.3 is 14.0 Å². The van der Waals surface area contributed by atoms with E-state index < -0.39 is 30.0 Å². The number of hydrogen-bond acceptors (Lipinski definition) is 5. The number of anilines is 1. The van der Waals surface area contributed by atoms with E-state index in [-0.39, 0.29) is 10.7 Å². The molecule has 0 aliphatic carbocycles. The van der Waals surface area contributed by atoms with E-state index in [1.807, 2.05) is 27.7 Å². The van der Waals surface area contributed by atoms with Crippen molar-refractivity contribution >= 4 is 36.0 Å². The SMILES string of the molecule is CC(C)(C)OC(=O)Nc1cc(C#N)cc(B2OC(C)(C)C(C)(C)O2)c1Cl. The predicted molar refractivity (Wildman–Crippen MR) is 102 cm³/mol. The first-order valence-corrected chi connectivity index (χ1v) is 8.73. The molecule has 2 rings (SSSR count). The molecule has 1 saturated heterocycles. The Balaban J connectivity index is 2.38. The maximum absolute atomic E-state index is 12.1. The average Bonchev–Trinajstić information content (AvgIpc) is 2.67. The molecule has 0 unspecified atom stereocenters. The van der Waals surface area contributed by atoms with Gasteiger partial charge in [0.25, 0.3) is 0 Å². The highest BCUT2D eigenvalue weighted by molar-refractivity contribution is 6.66. The quantitative estimate of drug-likeness (QED) is 0.790. The molecule has 1 aliphatic heterocycles. The zero-order valence-corrected chi connectivity index (χ0v) is 16.9. The summed E-state index contributed by atoms with van der Waals surface area (Å²) in [5.41, 5.74) is -0.687. The summed E-state index contributed by atoms with van der Waals surface area (Å²) in [5.74, 6) is 0. The topological polar surface area (TPSA) is 80.6 Å². The Morgan fingerprint density at radius 3 is 2.23 bits per heavy atom. The van der Waals surface area contributed by atoms with Crippen LogP contribution in [0, 0.1) is 11.3 Å². The Hall–Kier alpha value is -1.75. The van der Waals surface area contributed by atoms with E-state index >= 15 is 0 Å². The van der Waals surface area contributed by atoms with E-state index in [0.29, 0.717) is 11.0 Å². The van der Waals surface area contributed by atoms with Crippen LogP contribution in [0.3, 0.4) is 0 Å². The molecule has 1 amide bonds. The molecule has 1 aliphatic rings. The second kappa shape index (κ2) is 6.77. The average molecular weight is 379 g/mol. The number of halogens is 1. The molecule has 0 aromatic heterocycles. The second-order valence-corrected chi connectivity index (χ2v) is 8.63. The number of benzene rings is 1. The van der Waals surface area contributed by atoms with Crippen LogP contribution in [0.15, 0.2) is 12.1 Å². The number of amides is 1. The number of rotatable bonds is 2. The van der Waals surface area contributed by atoms with Gasteiger partial charge in [-0.15, -0.1) is 0 Å². The Bertz CT molecular complexity index is 750. The first-order chi connectivity index (χ1) is 11.8. The van der Waals surface area contributed by atoms with Gasteiger partial charge in [-0.3, -0.25) is 5.32 Å². The summed E-state index contributed by atoms with van der Waals surface area (Å²) in [6, 6.07) is 5.15. The van der Waals surface area contributed by atoms with E-state index in [2.05, 4.69) is 11.4 Å². The number of hydrogen-bond donors (Lipinski definition) is 1. The Kier molecular flexibility index (Phi) is 5.35. The van der Waals surface area contributed by atoms with E-state index in [9.17, 15) is 10.1 Å². The smallest absolute Gasteiger partial charge is 0.444 e. The molecule has 0 saturated carbocycles. The maximum Gasteiger partial charge on any atom is 0.496 e. The van der Waals surface area contributed by atoms with Gasteiger partial charge in [-0.25, -0.2) is 4.79 Å². The van der Waals surface area contributed by atoms with Crippen molar-refractivity contribution in [3.05, 3.63) is 22.7 Å².